The maximum Gasteiger partial charge on any atom is 0.407 e. The van der Waals surface area contributed by atoms with Crippen molar-refractivity contribution in [2.75, 3.05) is 6.54 Å². The summed E-state index contributed by atoms with van der Waals surface area (Å²) in [6, 6.07) is 6.48. The minimum atomic E-state index is -2.44. The van der Waals surface area contributed by atoms with Gasteiger partial charge in [-0.15, -0.1) is 0 Å². The summed E-state index contributed by atoms with van der Waals surface area (Å²) >= 11 is 0. The van der Waals surface area contributed by atoms with Crippen molar-refractivity contribution in [2.45, 2.75) is 58.2 Å². The van der Waals surface area contributed by atoms with E-state index in [1.807, 2.05) is 20.8 Å². The van der Waals surface area contributed by atoms with E-state index in [9.17, 15) is 13.6 Å². The second-order valence-electron chi connectivity index (χ2n) is 7.25. The monoisotopic (exact) mass is 340 g/mol. The molecule has 134 valence electrons. The molecule has 0 saturated heterocycles. The van der Waals surface area contributed by atoms with Crippen LogP contribution in [-0.2, 0) is 11.3 Å². The summed E-state index contributed by atoms with van der Waals surface area (Å²) < 4.78 is 30.3. The Labute approximate surface area is 142 Å². The zero-order valence-electron chi connectivity index (χ0n) is 14.4. The second kappa shape index (κ2) is 7.92. The Morgan fingerprint density at radius 2 is 1.88 bits per heavy atom. The molecule has 1 amide bonds. The number of hydrogen-bond acceptors (Lipinski definition) is 3. The first-order valence-corrected chi connectivity index (χ1v) is 8.32. The molecule has 24 heavy (non-hydrogen) atoms. The van der Waals surface area contributed by atoms with Gasteiger partial charge in [0.2, 0.25) is 0 Å². The summed E-state index contributed by atoms with van der Waals surface area (Å²) in [5.41, 5.74) is 0.463. The summed E-state index contributed by atoms with van der Waals surface area (Å²) in [6.07, 6.45) is -0.587. The van der Waals surface area contributed by atoms with Gasteiger partial charge in [0.15, 0.2) is 0 Å². The van der Waals surface area contributed by atoms with Crippen LogP contribution in [0.4, 0.5) is 13.6 Å². The van der Waals surface area contributed by atoms with Gasteiger partial charge in [-0.05, 0) is 45.1 Å². The van der Waals surface area contributed by atoms with Crippen molar-refractivity contribution in [2.24, 2.45) is 5.92 Å². The number of alkyl halides is 2. The van der Waals surface area contributed by atoms with Crippen molar-refractivity contribution in [3.8, 4) is 0 Å². The minimum Gasteiger partial charge on any atom is -0.444 e. The van der Waals surface area contributed by atoms with Gasteiger partial charge in [-0.3, -0.25) is 0 Å². The highest BCUT2D eigenvalue weighted by Crippen LogP contribution is 2.32. The van der Waals surface area contributed by atoms with E-state index in [2.05, 4.69) is 10.6 Å². The van der Waals surface area contributed by atoms with Gasteiger partial charge in [-0.1, -0.05) is 24.3 Å². The molecule has 0 aliphatic heterocycles. The van der Waals surface area contributed by atoms with Crippen molar-refractivity contribution < 1.29 is 18.3 Å². The first-order valence-electron chi connectivity index (χ1n) is 8.32. The van der Waals surface area contributed by atoms with E-state index >= 15 is 0 Å². The molecule has 1 fully saturated rings. The lowest BCUT2D eigenvalue weighted by Gasteiger charge is -2.22. The molecule has 0 aromatic heterocycles. The van der Waals surface area contributed by atoms with Crippen LogP contribution >= 0.6 is 0 Å². The molecule has 1 unspecified atom stereocenters. The van der Waals surface area contributed by atoms with E-state index in [4.69, 9.17) is 4.74 Å². The Kier molecular flexibility index (Phi) is 6.15. The van der Waals surface area contributed by atoms with Gasteiger partial charge >= 0.3 is 6.09 Å². The lowest BCUT2D eigenvalue weighted by atomic mass is 10.1. The summed E-state index contributed by atoms with van der Waals surface area (Å²) in [5, 5.41) is 6.21. The predicted molar refractivity (Wildman–Crippen MR) is 89.0 cm³/mol. The highest BCUT2D eigenvalue weighted by Gasteiger charge is 2.31. The summed E-state index contributed by atoms with van der Waals surface area (Å²) in [5.74, 6) is 0.542. The van der Waals surface area contributed by atoms with E-state index in [0.717, 1.165) is 18.4 Å². The van der Waals surface area contributed by atoms with Crippen LogP contribution in [0.2, 0.25) is 0 Å². The van der Waals surface area contributed by atoms with Crippen LogP contribution in [-0.4, -0.2) is 24.3 Å². The van der Waals surface area contributed by atoms with Crippen LogP contribution in [0.5, 0.6) is 0 Å². The van der Waals surface area contributed by atoms with Crippen molar-refractivity contribution in [3.63, 3.8) is 0 Å². The number of rotatable bonds is 7. The fourth-order valence-corrected chi connectivity index (χ4v) is 2.44. The van der Waals surface area contributed by atoms with Crippen molar-refractivity contribution in [1.82, 2.24) is 10.6 Å². The quantitative estimate of drug-likeness (QED) is 0.788. The maximum absolute atomic E-state index is 12.6. The zero-order valence-corrected chi connectivity index (χ0v) is 14.4. The standard InChI is InChI=1S/C18H26F2N2O2/c1-18(2,3)24-17(23)22-11-15(13-8-9-13)21-10-12-4-6-14(7-5-12)16(19)20/h4-7,13,15-16,21H,8-11H2,1-3H3,(H,22,23). The van der Waals surface area contributed by atoms with Gasteiger partial charge in [-0.25, -0.2) is 13.6 Å². The number of amides is 1. The van der Waals surface area contributed by atoms with Crippen molar-refractivity contribution in [1.29, 1.82) is 0 Å². The number of nitrogens with one attached hydrogen (secondary N) is 2. The molecule has 0 radical (unpaired) electrons. The minimum absolute atomic E-state index is 0.0316. The highest BCUT2D eigenvalue weighted by atomic mass is 19.3. The van der Waals surface area contributed by atoms with Gasteiger partial charge in [0.05, 0.1) is 0 Å². The average molecular weight is 340 g/mol. The molecule has 0 heterocycles. The molecule has 1 aromatic carbocycles. The molecule has 2 N–H and O–H groups in total. The van der Waals surface area contributed by atoms with Gasteiger partial charge in [0.1, 0.15) is 5.60 Å². The van der Waals surface area contributed by atoms with Crippen LogP contribution < -0.4 is 10.6 Å². The van der Waals surface area contributed by atoms with Gasteiger partial charge < -0.3 is 15.4 Å². The third kappa shape index (κ3) is 6.43. The van der Waals surface area contributed by atoms with E-state index < -0.39 is 18.1 Å². The highest BCUT2D eigenvalue weighted by molar-refractivity contribution is 5.67. The Balaban J connectivity index is 1.80. The summed E-state index contributed by atoms with van der Waals surface area (Å²) in [7, 11) is 0. The van der Waals surface area contributed by atoms with Crippen molar-refractivity contribution in [3.05, 3.63) is 35.4 Å². The Hall–Kier alpha value is -1.69. The lowest BCUT2D eigenvalue weighted by molar-refractivity contribution is 0.0521. The average Bonchev–Trinajstić information content (AvgIpc) is 3.30. The number of hydrogen-bond donors (Lipinski definition) is 2. The Morgan fingerprint density at radius 1 is 1.25 bits per heavy atom. The zero-order chi connectivity index (χ0) is 17.7. The third-order valence-corrected chi connectivity index (χ3v) is 3.86. The predicted octanol–water partition coefficient (Wildman–Crippen LogP) is 4.02. The smallest absolute Gasteiger partial charge is 0.407 e. The number of alkyl carbamates (subject to hydrolysis) is 1. The number of halogens is 2. The topological polar surface area (TPSA) is 50.4 Å². The molecule has 1 atom stereocenters. The number of ether oxygens (including phenoxy) is 1. The summed E-state index contributed by atoms with van der Waals surface area (Å²) in [6.45, 7) is 6.56. The molecular formula is C18H26F2N2O2. The van der Waals surface area contributed by atoms with E-state index in [0.29, 0.717) is 19.0 Å². The summed E-state index contributed by atoms with van der Waals surface area (Å²) in [4.78, 5) is 11.7. The number of carbonyl (C=O) groups excluding carboxylic acids is 1. The van der Waals surface area contributed by atoms with Crippen LogP contribution in [0.3, 0.4) is 0 Å². The first kappa shape index (κ1) is 18.6. The molecular weight excluding hydrogens is 314 g/mol. The lowest BCUT2D eigenvalue weighted by Crippen LogP contribution is -2.43. The molecule has 1 aliphatic rings. The maximum atomic E-state index is 12.6. The van der Waals surface area contributed by atoms with E-state index in [1.54, 1.807) is 12.1 Å². The Morgan fingerprint density at radius 3 is 2.38 bits per heavy atom. The Bertz CT molecular complexity index is 537. The van der Waals surface area contributed by atoms with Gasteiger partial charge in [-0.2, -0.15) is 0 Å². The molecule has 1 saturated carbocycles. The van der Waals surface area contributed by atoms with E-state index in [1.165, 1.54) is 12.1 Å². The van der Waals surface area contributed by atoms with Crippen molar-refractivity contribution >= 4 is 6.09 Å². The fourth-order valence-electron chi connectivity index (χ4n) is 2.44. The molecule has 0 spiro atoms. The molecule has 6 heteroatoms. The van der Waals surface area contributed by atoms with Gasteiger partial charge in [0, 0.05) is 24.7 Å². The van der Waals surface area contributed by atoms with Crippen LogP contribution in [0.25, 0.3) is 0 Å². The molecule has 1 aliphatic carbocycles. The second-order valence-corrected chi connectivity index (χ2v) is 7.25. The van der Waals surface area contributed by atoms with Crippen LogP contribution in [0, 0.1) is 5.92 Å². The molecule has 2 rings (SSSR count). The van der Waals surface area contributed by atoms with E-state index in [-0.39, 0.29) is 11.6 Å². The largest absolute Gasteiger partial charge is 0.444 e. The molecule has 1 aromatic rings. The SMILES string of the molecule is CC(C)(C)OC(=O)NCC(NCc1ccc(C(F)F)cc1)C1CC1. The molecule has 4 nitrogen and oxygen atoms in total. The first-order chi connectivity index (χ1) is 11.2. The number of benzene rings is 1. The van der Waals surface area contributed by atoms with Crippen LogP contribution in [0.1, 0.15) is 51.2 Å². The van der Waals surface area contributed by atoms with Gasteiger partial charge in [0.25, 0.3) is 6.43 Å². The third-order valence-electron chi connectivity index (χ3n) is 3.86. The number of carbonyl (C=O) groups is 1. The molecule has 0 bridgehead atoms. The fraction of sp³-hybridized carbons (Fsp3) is 0.611. The van der Waals surface area contributed by atoms with Crippen LogP contribution in [0.15, 0.2) is 24.3 Å². The normalized spacial score (nSPS) is 16.1.